The molecule has 18 heavy (non-hydrogen) atoms. The molecular weight excluding hydrogens is 292 g/mol. The average Bonchev–Trinajstić information content (AvgIpc) is 2.60. The Balaban J connectivity index is 2.11. The van der Waals surface area contributed by atoms with Crippen molar-refractivity contribution in [1.29, 1.82) is 0 Å². The summed E-state index contributed by atoms with van der Waals surface area (Å²) >= 11 is 3.65. The SMILES string of the molecule is CC(N)Cc1ccc(N2CCCOCC2)cc1Br. The van der Waals surface area contributed by atoms with Crippen LogP contribution in [-0.2, 0) is 11.2 Å². The topological polar surface area (TPSA) is 38.5 Å². The molecule has 4 heteroatoms. The third-order valence-electron chi connectivity index (χ3n) is 3.17. The Morgan fingerprint density at radius 2 is 2.22 bits per heavy atom. The Hall–Kier alpha value is -0.580. The monoisotopic (exact) mass is 312 g/mol. The largest absolute Gasteiger partial charge is 0.380 e. The van der Waals surface area contributed by atoms with Gasteiger partial charge < -0.3 is 15.4 Å². The molecule has 0 radical (unpaired) electrons. The van der Waals surface area contributed by atoms with E-state index < -0.39 is 0 Å². The molecule has 1 aromatic rings. The van der Waals surface area contributed by atoms with Crippen LogP contribution < -0.4 is 10.6 Å². The minimum absolute atomic E-state index is 0.193. The van der Waals surface area contributed by atoms with Crippen molar-refractivity contribution in [2.75, 3.05) is 31.2 Å². The van der Waals surface area contributed by atoms with Gasteiger partial charge in [-0.15, -0.1) is 0 Å². The average molecular weight is 313 g/mol. The second kappa shape index (κ2) is 6.55. The fourth-order valence-corrected chi connectivity index (χ4v) is 2.78. The molecule has 0 aromatic heterocycles. The summed E-state index contributed by atoms with van der Waals surface area (Å²) in [7, 11) is 0. The number of rotatable bonds is 3. The molecule has 0 saturated carbocycles. The Morgan fingerprint density at radius 3 is 2.94 bits per heavy atom. The molecule has 0 bridgehead atoms. The minimum atomic E-state index is 0.193. The zero-order chi connectivity index (χ0) is 13.0. The Labute approximate surface area is 117 Å². The van der Waals surface area contributed by atoms with E-state index in [1.165, 1.54) is 11.3 Å². The van der Waals surface area contributed by atoms with Crippen molar-refractivity contribution >= 4 is 21.6 Å². The van der Waals surface area contributed by atoms with Gasteiger partial charge >= 0.3 is 0 Å². The highest BCUT2D eigenvalue weighted by atomic mass is 79.9. The molecule has 2 rings (SSSR count). The molecular formula is C14H21BrN2O. The highest BCUT2D eigenvalue weighted by Gasteiger charge is 2.12. The number of benzene rings is 1. The third-order valence-corrected chi connectivity index (χ3v) is 3.90. The maximum Gasteiger partial charge on any atom is 0.0641 e. The molecule has 1 heterocycles. The van der Waals surface area contributed by atoms with Crippen LogP contribution in [0.5, 0.6) is 0 Å². The van der Waals surface area contributed by atoms with Gasteiger partial charge in [0.1, 0.15) is 0 Å². The zero-order valence-corrected chi connectivity index (χ0v) is 12.4. The van der Waals surface area contributed by atoms with E-state index >= 15 is 0 Å². The lowest BCUT2D eigenvalue weighted by atomic mass is 10.1. The fourth-order valence-electron chi connectivity index (χ4n) is 2.25. The molecule has 1 atom stereocenters. The van der Waals surface area contributed by atoms with Gasteiger partial charge in [-0.3, -0.25) is 0 Å². The lowest BCUT2D eigenvalue weighted by molar-refractivity contribution is 0.152. The van der Waals surface area contributed by atoms with Crippen LogP contribution in [0, 0.1) is 0 Å². The summed E-state index contributed by atoms with van der Waals surface area (Å²) in [4.78, 5) is 2.38. The summed E-state index contributed by atoms with van der Waals surface area (Å²) in [6, 6.07) is 6.75. The molecule has 1 aliphatic rings. The number of anilines is 1. The van der Waals surface area contributed by atoms with Gasteiger partial charge in [-0.05, 0) is 37.5 Å². The maximum atomic E-state index is 5.85. The number of hydrogen-bond donors (Lipinski definition) is 1. The van der Waals surface area contributed by atoms with Crippen LogP contribution in [0.15, 0.2) is 22.7 Å². The quantitative estimate of drug-likeness (QED) is 0.932. The first kappa shape index (κ1) is 13.8. The van der Waals surface area contributed by atoms with Crippen molar-refractivity contribution in [3.63, 3.8) is 0 Å². The highest BCUT2D eigenvalue weighted by Crippen LogP contribution is 2.25. The van der Waals surface area contributed by atoms with Crippen molar-refractivity contribution in [3.05, 3.63) is 28.2 Å². The van der Waals surface area contributed by atoms with Crippen molar-refractivity contribution in [2.24, 2.45) is 5.73 Å². The van der Waals surface area contributed by atoms with Crippen LogP contribution >= 0.6 is 15.9 Å². The van der Waals surface area contributed by atoms with E-state index in [0.717, 1.165) is 43.6 Å². The molecule has 100 valence electrons. The molecule has 0 spiro atoms. The summed E-state index contributed by atoms with van der Waals surface area (Å²) in [6.45, 7) is 5.77. The van der Waals surface area contributed by atoms with Crippen LogP contribution in [0.3, 0.4) is 0 Å². The lowest BCUT2D eigenvalue weighted by Gasteiger charge is -2.23. The van der Waals surface area contributed by atoms with Crippen LogP contribution in [0.25, 0.3) is 0 Å². The van der Waals surface area contributed by atoms with Gasteiger partial charge in [0.2, 0.25) is 0 Å². The van der Waals surface area contributed by atoms with E-state index in [1.807, 2.05) is 6.92 Å². The molecule has 0 amide bonds. The molecule has 0 aliphatic carbocycles. The molecule has 1 unspecified atom stereocenters. The van der Waals surface area contributed by atoms with Crippen molar-refractivity contribution in [3.8, 4) is 0 Å². The molecule has 1 fully saturated rings. The number of ether oxygens (including phenoxy) is 1. The van der Waals surface area contributed by atoms with Crippen LogP contribution in [0.4, 0.5) is 5.69 Å². The first-order chi connectivity index (χ1) is 8.66. The summed E-state index contributed by atoms with van der Waals surface area (Å²) < 4.78 is 6.64. The van der Waals surface area contributed by atoms with Gasteiger partial charge in [0.25, 0.3) is 0 Å². The van der Waals surface area contributed by atoms with Gasteiger partial charge in [0.05, 0.1) is 6.61 Å². The summed E-state index contributed by atoms with van der Waals surface area (Å²) in [6.07, 6.45) is 2.00. The van der Waals surface area contributed by atoms with Crippen molar-refractivity contribution in [1.82, 2.24) is 0 Å². The van der Waals surface area contributed by atoms with E-state index in [4.69, 9.17) is 10.5 Å². The van der Waals surface area contributed by atoms with Crippen molar-refractivity contribution < 1.29 is 4.74 Å². The highest BCUT2D eigenvalue weighted by molar-refractivity contribution is 9.10. The number of nitrogens with zero attached hydrogens (tertiary/aromatic N) is 1. The fraction of sp³-hybridized carbons (Fsp3) is 0.571. The Bertz CT molecular complexity index is 387. The molecule has 3 nitrogen and oxygen atoms in total. The van der Waals surface area contributed by atoms with E-state index in [9.17, 15) is 0 Å². The maximum absolute atomic E-state index is 5.85. The minimum Gasteiger partial charge on any atom is -0.380 e. The predicted molar refractivity (Wildman–Crippen MR) is 79.1 cm³/mol. The number of halogens is 1. The van der Waals surface area contributed by atoms with Gasteiger partial charge in [-0.1, -0.05) is 22.0 Å². The Kier molecular flexibility index (Phi) is 5.03. The van der Waals surface area contributed by atoms with Gasteiger partial charge in [0.15, 0.2) is 0 Å². The van der Waals surface area contributed by atoms with Gasteiger partial charge in [-0.2, -0.15) is 0 Å². The summed E-state index contributed by atoms with van der Waals surface area (Å²) in [5.74, 6) is 0. The number of hydrogen-bond acceptors (Lipinski definition) is 3. The zero-order valence-electron chi connectivity index (χ0n) is 10.9. The van der Waals surface area contributed by atoms with E-state index in [0.29, 0.717) is 0 Å². The first-order valence-corrected chi connectivity index (χ1v) is 7.33. The molecule has 2 N–H and O–H groups in total. The summed E-state index contributed by atoms with van der Waals surface area (Å²) in [5, 5.41) is 0. The third kappa shape index (κ3) is 3.70. The molecule has 1 aromatic carbocycles. The van der Waals surface area contributed by atoms with Gasteiger partial charge in [-0.25, -0.2) is 0 Å². The normalized spacial score (nSPS) is 18.5. The standard InChI is InChI=1S/C14H21BrN2O/c1-11(16)9-12-3-4-13(10-14(12)15)17-5-2-7-18-8-6-17/h3-4,10-11H,2,5-9,16H2,1H3. The van der Waals surface area contributed by atoms with Gasteiger partial charge in [0, 0.05) is 35.9 Å². The lowest BCUT2D eigenvalue weighted by Crippen LogP contribution is -2.26. The second-order valence-corrected chi connectivity index (χ2v) is 5.76. The summed E-state index contributed by atoms with van der Waals surface area (Å²) in [5.41, 5.74) is 8.39. The molecule has 1 saturated heterocycles. The predicted octanol–water partition coefficient (Wildman–Crippen LogP) is 2.57. The Morgan fingerprint density at radius 1 is 1.39 bits per heavy atom. The van der Waals surface area contributed by atoms with Crippen molar-refractivity contribution in [2.45, 2.75) is 25.8 Å². The van der Waals surface area contributed by atoms with E-state index in [2.05, 4.69) is 39.0 Å². The number of nitrogens with two attached hydrogens (primary N) is 1. The first-order valence-electron chi connectivity index (χ1n) is 6.53. The second-order valence-electron chi connectivity index (χ2n) is 4.91. The van der Waals surface area contributed by atoms with Crippen LogP contribution in [0.1, 0.15) is 18.9 Å². The van der Waals surface area contributed by atoms with E-state index in [1.54, 1.807) is 0 Å². The van der Waals surface area contributed by atoms with Crippen LogP contribution in [-0.4, -0.2) is 32.3 Å². The molecule has 1 aliphatic heterocycles. The smallest absolute Gasteiger partial charge is 0.0641 e. The van der Waals surface area contributed by atoms with E-state index in [-0.39, 0.29) is 6.04 Å². The van der Waals surface area contributed by atoms with Crippen LogP contribution in [0.2, 0.25) is 0 Å².